The van der Waals surface area contributed by atoms with Crippen LogP contribution in [0, 0.1) is 11.3 Å². The molecule has 0 aliphatic heterocycles. The molecule has 5 nitrogen and oxygen atoms in total. The van der Waals surface area contributed by atoms with E-state index >= 15 is 0 Å². The summed E-state index contributed by atoms with van der Waals surface area (Å²) in [5.74, 6) is 0.227. The molecular formula is C18H13N3O2. The normalized spacial score (nSPS) is 10.8. The van der Waals surface area contributed by atoms with E-state index in [0.29, 0.717) is 22.5 Å². The Morgan fingerprint density at radius 1 is 1.22 bits per heavy atom. The highest BCUT2D eigenvalue weighted by Gasteiger charge is 2.12. The van der Waals surface area contributed by atoms with Crippen molar-refractivity contribution >= 4 is 29.2 Å². The van der Waals surface area contributed by atoms with Crippen LogP contribution in [0.15, 0.2) is 42.5 Å². The van der Waals surface area contributed by atoms with E-state index in [9.17, 15) is 4.79 Å². The largest absolute Gasteiger partial charge is 0.465 e. The summed E-state index contributed by atoms with van der Waals surface area (Å²) in [6.45, 7) is 0. The number of fused-ring (bicyclic) bond motifs is 1. The van der Waals surface area contributed by atoms with Gasteiger partial charge in [0.15, 0.2) is 0 Å². The fourth-order valence-corrected chi connectivity index (χ4v) is 2.25. The number of H-pyrrole nitrogens is 1. The number of aromatic nitrogens is 2. The van der Waals surface area contributed by atoms with Gasteiger partial charge in [-0.15, -0.1) is 0 Å². The van der Waals surface area contributed by atoms with Gasteiger partial charge in [-0.1, -0.05) is 24.3 Å². The molecule has 1 N–H and O–H groups in total. The molecule has 0 unspecified atom stereocenters. The number of benzene rings is 2. The molecule has 2 aromatic carbocycles. The topological polar surface area (TPSA) is 78.8 Å². The van der Waals surface area contributed by atoms with Crippen molar-refractivity contribution in [3.8, 4) is 6.07 Å². The van der Waals surface area contributed by atoms with E-state index in [0.717, 1.165) is 11.1 Å². The van der Waals surface area contributed by atoms with Crippen LogP contribution in [0.5, 0.6) is 0 Å². The summed E-state index contributed by atoms with van der Waals surface area (Å²) < 4.78 is 4.77. The van der Waals surface area contributed by atoms with E-state index in [-0.39, 0.29) is 0 Å². The van der Waals surface area contributed by atoms with E-state index in [1.807, 2.05) is 30.4 Å². The number of esters is 1. The maximum atomic E-state index is 11.8. The van der Waals surface area contributed by atoms with Crippen LogP contribution in [0.3, 0.4) is 0 Å². The number of imidazole rings is 1. The van der Waals surface area contributed by atoms with Crippen LogP contribution in [-0.2, 0) is 4.74 Å². The average molecular weight is 303 g/mol. The maximum Gasteiger partial charge on any atom is 0.340 e. The van der Waals surface area contributed by atoms with Crippen molar-refractivity contribution in [1.82, 2.24) is 9.97 Å². The van der Waals surface area contributed by atoms with Crippen LogP contribution in [0.2, 0.25) is 0 Å². The van der Waals surface area contributed by atoms with Crippen molar-refractivity contribution in [2.45, 2.75) is 0 Å². The van der Waals surface area contributed by atoms with Crippen LogP contribution >= 0.6 is 0 Å². The molecule has 0 fully saturated rings. The number of rotatable bonds is 3. The highest BCUT2D eigenvalue weighted by molar-refractivity contribution is 6.02. The molecule has 23 heavy (non-hydrogen) atoms. The fourth-order valence-electron chi connectivity index (χ4n) is 2.25. The Morgan fingerprint density at radius 3 is 2.70 bits per heavy atom. The van der Waals surface area contributed by atoms with Gasteiger partial charge in [0.2, 0.25) is 0 Å². The standard InChI is InChI=1S/C18H13N3O2/c1-23-18(22)14-3-2-4-15-17(14)21-16(20-15)10-9-12-5-7-13(11-19)8-6-12/h2-10H,1H3,(H,20,21)/b10-9+. The lowest BCUT2D eigenvalue weighted by molar-refractivity contribution is 0.0603. The number of carbonyl (C=O) groups excluding carboxylic acids is 1. The molecule has 1 heterocycles. The molecule has 0 amide bonds. The van der Waals surface area contributed by atoms with Crippen LogP contribution in [0.1, 0.15) is 27.3 Å². The summed E-state index contributed by atoms with van der Waals surface area (Å²) in [7, 11) is 1.35. The van der Waals surface area contributed by atoms with Crippen molar-refractivity contribution in [3.63, 3.8) is 0 Å². The molecule has 0 saturated heterocycles. The zero-order chi connectivity index (χ0) is 16.2. The first-order chi connectivity index (χ1) is 11.2. The number of hydrogen-bond donors (Lipinski definition) is 1. The van der Waals surface area contributed by atoms with Gasteiger partial charge in [-0.05, 0) is 35.9 Å². The molecule has 112 valence electrons. The van der Waals surface area contributed by atoms with Gasteiger partial charge in [-0.2, -0.15) is 5.26 Å². The fraction of sp³-hybridized carbons (Fsp3) is 0.0556. The third-order valence-electron chi connectivity index (χ3n) is 3.41. The Kier molecular flexibility index (Phi) is 3.89. The maximum absolute atomic E-state index is 11.8. The van der Waals surface area contributed by atoms with Gasteiger partial charge < -0.3 is 9.72 Å². The third-order valence-corrected chi connectivity index (χ3v) is 3.41. The van der Waals surface area contributed by atoms with Crippen molar-refractivity contribution in [2.75, 3.05) is 7.11 Å². The zero-order valence-electron chi connectivity index (χ0n) is 12.4. The lowest BCUT2D eigenvalue weighted by Gasteiger charge is -1.98. The quantitative estimate of drug-likeness (QED) is 0.752. The van der Waals surface area contributed by atoms with Crippen LogP contribution in [0.4, 0.5) is 0 Å². The minimum Gasteiger partial charge on any atom is -0.465 e. The number of nitrogens with zero attached hydrogens (tertiary/aromatic N) is 2. The van der Waals surface area contributed by atoms with Gasteiger partial charge in [-0.25, -0.2) is 9.78 Å². The number of carbonyl (C=O) groups is 1. The number of hydrogen-bond acceptors (Lipinski definition) is 4. The summed E-state index contributed by atoms with van der Waals surface area (Å²) in [6.07, 6.45) is 3.71. The van der Waals surface area contributed by atoms with Gasteiger partial charge in [0.1, 0.15) is 11.3 Å². The highest BCUT2D eigenvalue weighted by Crippen LogP contribution is 2.18. The Bertz CT molecular complexity index is 931. The number of nitrogens with one attached hydrogen (secondary N) is 1. The Hall–Kier alpha value is -3.39. The Labute approximate surface area is 132 Å². The second-order valence-electron chi connectivity index (χ2n) is 4.88. The minimum absolute atomic E-state index is 0.412. The molecule has 0 aliphatic rings. The number of aromatic amines is 1. The predicted molar refractivity (Wildman–Crippen MR) is 87.5 cm³/mol. The number of para-hydroxylation sites is 1. The van der Waals surface area contributed by atoms with Crippen molar-refractivity contribution in [1.29, 1.82) is 5.26 Å². The summed E-state index contributed by atoms with van der Waals surface area (Å²) in [5.41, 5.74) is 3.36. The Morgan fingerprint density at radius 2 is 2.00 bits per heavy atom. The molecule has 0 spiro atoms. The number of methoxy groups -OCH3 is 1. The molecule has 0 saturated carbocycles. The van der Waals surface area contributed by atoms with E-state index in [2.05, 4.69) is 16.0 Å². The monoisotopic (exact) mass is 303 g/mol. The third kappa shape index (κ3) is 2.97. The van der Waals surface area contributed by atoms with Crippen LogP contribution < -0.4 is 0 Å². The van der Waals surface area contributed by atoms with Crippen LogP contribution in [0.25, 0.3) is 23.2 Å². The first kappa shape index (κ1) is 14.5. The van der Waals surface area contributed by atoms with E-state index < -0.39 is 5.97 Å². The van der Waals surface area contributed by atoms with Crippen molar-refractivity contribution < 1.29 is 9.53 Å². The zero-order valence-corrected chi connectivity index (χ0v) is 12.4. The SMILES string of the molecule is COC(=O)c1cccc2[nH]c(/C=C/c3ccc(C#N)cc3)nc12. The number of ether oxygens (including phenoxy) is 1. The average Bonchev–Trinajstić information content (AvgIpc) is 3.02. The summed E-state index contributed by atoms with van der Waals surface area (Å²) in [5, 5.41) is 8.79. The molecule has 0 bridgehead atoms. The van der Waals surface area contributed by atoms with E-state index in [4.69, 9.17) is 10.00 Å². The first-order valence-corrected chi connectivity index (χ1v) is 6.96. The first-order valence-electron chi connectivity index (χ1n) is 6.96. The lowest BCUT2D eigenvalue weighted by atomic mass is 10.1. The van der Waals surface area contributed by atoms with Gasteiger partial charge in [0, 0.05) is 0 Å². The number of nitriles is 1. The summed E-state index contributed by atoms with van der Waals surface area (Å²) >= 11 is 0. The summed E-state index contributed by atoms with van der Waals surface area (Å²) in [4.78, 5) is 19.3. The predicted octanol–water partition coefficient (Wildman–Crippen LogP) is 3.39. The second kappa shape index (κ2) is 6.16. The Balaban J connectivity index is 1.93. The lowest BCUT2D eigenvalue weighted by Crippen LogP contribution is -2.01. The molecule has 0 aliphatic carbocycles. The molecule has 0 radical (unpaired) electrons. The van der Waals surface area contributed by atoms with Gasteiger partial charge >= 0.3 is 5.97 Å². The van der Waals surface area contributed by atoms with E-state index in [1.54, 1.807) is 24.3 Å². The van der Waals surface area contributed by atoms with Crippen LogP contribution in [-0.4, -0.2) is 23.0 Å². The molecule has 3 aromatic rings. The minimum atomic E-state index is -0.412. The smallest absolute Gasteiger partial charge is 0.340 e. The molecule has 3 rings (SSSR count). The summed E-state index contributed by atoms with van der Waals surface area (Å²) in [6, 6.07) is 14.6. The molecule has 1 aromatic heterocycles. The van der Waals surface area contributed by atoms with Gasteiger partial charge in [-0.3, -0.25) is 0 Å². The van der Waals surface area contributed by atoms with E-state index in [1.165, 1.54) is 7.11 Å². The van der Waals surface area contributed by atoms with Gasteiger partial charge in [0.25, 0.3) is 0 Å². The second-order valence-corrected chi connectivity index (χ2v) is 4.88. The van der Waals surface area contributed by atoms with Crippen molar-refractivity contribution in [2.24, 2.45) is 0 Å². The molecular weight excluding hydrogens is 290 g/mol. The van der Waals surface area contributed by atoms with Crippen molar-refractivity contribution in [3.05, 3.63) is 65.0 Å². The highest BCUT2D eigenvalue weighted by atomic mass is 16.5. The molecule has 5 heteroatoms. The molecule has 0 atom stereocenters. The van der Waals surface area contributed by atoms with Gasteiger partial charge in [0.05, 0.1) is 29.8 Å².